The molecule has 0 bridgehead atoms. The maximum atomic E-state index is 11.3. The van der Waals surface area contributed by atoms with Gasteiger partial charge in [-0.25, -0.2) is 18.4 Å². The molecule has 0 radical (unpaired) electrons. The summed E-state index contributed by atoms with van der Waals surface area (Å²) in [6.07, 6.45) is 0. The molecule has 1 heterocycles. The maximum Gasteiger partial charge on any atom is 0.373 e. The van der Waals surface area contributed by atoms with Crippen LogP contribution in [0, 0.1) is 0 Å². The van der Waals surface area contributed by atoms with Crippen LogP contribution in [0.4, 0.5) is 0 Å². The minimum absolute atomic E-state index is 0.169. The summed E-state index contributed by atoms with van der Waals surface area (Å²) < 4.78 is 27.5. The average Bonchev–Trinajstić information content (AvgIpc) is 2.55. The van der Waals surface area contributed by atoms with Gasteiger partial charge < -0.3 is 9.52 Å². The number of aromatic carboxylic acids is 1. The Kier molecular flexibility index (Phi) is 2.21. The second-order valence-electron chi connectivity index (χ2n) is 3.11. The van der Waals surface area contributed by atoms with Crippen LogP contribution in [0.5, 0.6) is 0 Å². The Morgan fingerprint density at radius 1 is 1.31 bits per heavy atom. The van der Waals surface area contributed by atoms with E-state index in [2.05, 4.69) is 0 Å². The molecule has 7 heteroatoms. The van der Waals surface area contributed by atoms with Gasteiger partial charge in [-0.2, -0.15) is 0 Å². The maximum absolute atomic E-state index is 11.3. The van der Waals surface area contributed by atoms with E-state index in [1.54, 1.807) is 12.1 Å². The second-order valence-corrected chi connectivity index (χ2v) is 4.60. The van der Waals surface area contributed by atoms with Gasteiger partial charge in [0.05, 0.1) is 0 Å². The first-order valence-electron chi connectivity index (χ1n) is 4.19. The molecule has 0 unspecified atom stereocenters. The van der Waals surface area contributed by atoms with Crippen LogP contribution >= 0.6 is 0 Å². The molecule has 0 spiro atoms. The van der Waals surface area contributed by atoms with Gasteiger partial charge in [0.15, 0.2) is 0 Å². The van der Waals surface area contributed by atoms with Crippen molar-refractivity contribution >= 4 is 27.0 Å². The number of carboxylic acids is 1. The monoisotopic (exact) mass is 241 g/mol. The normalized spacial score (nSPS) is 11.8. The molecule has 0 saturated carbocycles. The molecule has 0 aliphatic carbocycles. The fourth-order valence-electron chi connectivity index (χ4n) is 1.45. The van der Waals surface area contributed by atoms with Crippen LogP contribution in [0.1, 0.15) is 10.6 Å². The third-order valence-electron chi connectivity index (χ3n) is 2.03. The average molecular weight is 241 g/mol. The lowest BCUT2D eigenvalue weighted by Gasteiger charge is -1.95. The van der Waals surface area contributed by atoms with Gasteiger partial charge in [-0.05, 0) is 12.1 Å². The van der Waals surface area contributed by atoms with E-state index in [4.69, 9.17) is 14.7 Å². The van der Waals surface area contributed by atoms with E-state index in [-0.39, 0.29) is 11.0 Å². The molecule has 16 heavy (non-hydrogen) atoms. The van der Waals surface area contributed by atoms with E-state index in [1.807, 2.05) is 0 Å². The van der Waals surface area contributed by atoms with E-state index in [1.165, 1.54) is 12.1 Å². The minimum Gasteiger partial charge on any atom is -0.475 e. The number of primary sulfonamides is 1. The fraction of sp³-hybridized carbons (Fsp3) is 0. The smallest absolute Gasteiger partial charge is 0.373 e. The number of carbonyl (C=O) groups is 1. The molecule has 2 aromatic rings. The third kappa shape index (κ3) is 1.55. The molecule has 0 atom stereocenters. The van der Waals surface area contributed by atoms with Crippen molar-refractivity contribution in [3.05, 3.63) is 30.0 Å². The van der Waals surface area contributed by atoms with Gasteiger partial charge in [-0.3, -0.25) is 0 Å². The number of hydrogen-bond donors (Lipinski definition) is 2. The zero-order chi connectivity index (χ0) is 11.9. The SMILES string of the molecule is NS(=O)(=O)c1c(C(=O)O)oc2ccccc12. The summed E-state index contributed by atoms with van der Waals surface area (Å²) in [4.78, 5) is 10.3. The first kappa shape index (κ1) is 10.7. The van der Waals surface area contributed by atoms with E-state index in [9.17, 15) is 13.2 Å². The number of fused-ring (bicyclic) bond motifs is 1. The van der Waals surface area contributed by atoms with Crippen molar-refractivity contribution in [2.75, 3.05) is 0 Å². The van der Waals surface area contributed by atoms with Crippen LogP contribution in [-0.2, 0) is 10.0 Å². The largest absolute Gasteiger partial charge is 0.475 e. The van der Waals surface area contributed by atoms with E-state index in [0.29, 0.717) is 0 Å². The molecular weight excluding hydrogens is 234 g/mol. The van der Waals surface area contributed by atoms with Crippen molar-refractivity contribution in [3.8, 4) is 0 Å². The van der Waals surface area contributed by atoms with E-state index in [0.717, 1.165) is 0 Å². The van der Waals surface area contributed by atoms with Crippen molar-refractivity contribution in [1.82, 2.24) is 0 Å². The lowest BCUT2D eigenvalue weighted by molar-refractivity contribution is 0.0659. The summed E-state index contributed by atoms with van der Waals surface area (Å²) in [5, 5.41) is 13.9. The van der Waals surface area contributed by atoms with Crippen molar-refractivity contribution in [1.29, 1.82) is 0 Å². The Morgan fingerprint density at radius 2 is 1.94 bits per heavy atom. The van der Waals surface area contributed by atoms with Crippen molar-refractivity contribution < 1.29 is 22.7 Å². The molecule has 0 aliphatic rings. The fourth-order valence-corrected chi connectivity index (χ4v) is 2.31. The summed E-state index contributed by atoms with van der Waals surface area (Å²) in [5.41, 5.74) is 0.170. The van der Waals surface area contributed by atoms with Crippen LogP contribution in [0.15, 0.2) is 33.6 Å². The first-order chi connectivity index (χ1) is 7.41. The number of furan rings is 1. The lowest BCUT2D eigenvalue weighted by atomic mass is 10.2. The Morgan fingerprint density at radius 3 is 2.50 bits per heavy atom. The molecule has 0 fully saturated rings. The van der Waals surface area contributed by atoms with E-state index < -0.39 is 26.6 Å². The lowest BCUT2D eigenvalue weighted by Crippen LogP contribution is -2.15. The molecule has 3 N–H and O–H groups in total. The molecule has 6 nitrogen and oxygen atoms in total. The topological polar surface area (TPSA) is 111 Å². The molecule has 2 rings (SSSR count). The van der Waals surface area contributed by atoms with Crippen molar-refractivity contribution in [2.24, 2.45) is 5.14 Å². The molecule has 0 saturated heterocycles. The number of para-hydroxylation sites is 1. The molecule has 0 amide bonds. The number of hydrogen-bond acceptors (Lipinski definition) is 4. The quantitative estimate of drug-likeness (QED) is 0.807. The number of carboxylic acid groups (broad SMARTS) is 1. The number of sulfonamides is 1. The van der Waals surface area contributed by atoms with Crippen LogP contribution in [0.3, 0.4) is 0 Å². The Hall–Kier alpha value is -1.86. The standard InChI is InChI=1S/C9H7NO5S/c10-16(13,14)8-5-3-1-2-4-6(5)15-7(8)9(11)12/h1-4H,(H,11,12)(H2,10,13,14). The Balaban J connectivity index is 2.97. The molecule has 1 aromatic heterocycles. The Bertz CT molecular complexity index is 670. The summed E-state index contributed by atoms with van der Waals surface area (Å²) in [7, 11) is -4.14. The predicted molar refractivity (Wildman–Crippen MR) is 54.5 cm³/mol. The summed E-state index contributed by atoms with van der Waals surface area (Å²) >= 11 is 0. The summed E-state index contributed by atoms with van der Waals surface area (Å²) in [6, 6.07) is 6.07. The van der Waals surface area contributed by atoms with Gasteiger partial charge in [0, 0.05) is 5.39 Å². The van der Waals surface area contributed by atoms with Gasteiger partial charge in [0.1, 0.15) is 10.5 Å². The number of rotatable bonds is 2. The summed E-state index contributed by atoms with van der Waals surface area (Å²) in [5.74, 6) is -2.14. The van der Waals surface area contributed by atoms with E-state index >= 15 is 0 Å². The second kappa shape index (κ2) is 3.32. The highest BCUT2D eigenvalue weighted by atomic mass is 32.2. The third-order valence-corrected chi connectivity index (χ3v) is 3.00. The predicted octanol–water partition coefficient (Wildman–Crippen LogP) is 0.778. The highest BCUT2D eigenvalue weighted by Gasteiger charge is 2.27. The molecule has 1 aromatic carbocycles. The first-order valence-corrected chi connectivity index (χ1v) is 5.73. The zero-order valence-corrected chi connectivity index (χ0v) is 8.69. The number of nitrogens with two attached hydrogens (primary N) is 1. The van der Waals surface area contributed by atoms with Gasteiger partial charge in [-0.1, -0.05) is 12.1 Å². The van der Waals surface area contributed by atoms with Crippen LogP contribution in [-0.4, -0.2) is 19.5 Å². The molecule has 84 valence electrons. The van der Waals surface area contributed by atoms with Gasteiger partial charge in [-0.15, -0.1) is 0 Å². The van der Waals surface area contributed by atoms with Crippen molar-refractivity contribution in [2.45, 2.75) is 4.90 Å². The minimum atomic E-state index is -4.14. The molecule has 0 aliphatic heterocycles. The van der Waals surface area contributed by atoms with Gasteiger partial charge in [0.25, 0.3) is 0 Å². The van der Waals surface area contributed by atoms with Gasteiger partial charge >= 0.3 is 5.97 Å². The highest BCUT2D eigenvalue weighted by molar-refractivity contribution is 7.89. The zero-order valence-electron chi connectivity index (χ0n) is 7.88. The highest BCUT2D eigenvalue weighted by Crippen LogP contribution is 2.28. The van der Waals surface area contributed by atoms with Crippen LogP contribution in [0.25, 0.3) is 11.0 Å². The van der Waals surface area contributed by atoms with Gasteiger partial charge in [0.2, 0.25) is 15.8 Å². The summed E-state index contributed by atoms with van der Waals surface area (Å²) in [6.45, 7) is 0. The number of benzene rings is 1. The Labute approximate surface area is 90.3 Å². The van der Waals surface area contributed by atoms with Crippen LogP contribution in [0.2, 0.25) is 0 Å². The van der Waals surface area contributed by atoms with Crippen molar-refractivity contribution in [3.63, 3.8) is 0 Å². The molecular formula is C9H7NO5S. The van der Waals surface area contributed by atoms with Crippen LogP contribution < -0.4 is 5.14 Å².